The van der Waals surface area contributed by atoms with Crippen molar-refractivity contribution in [2.24, 2.45) is 0 Å². The van der Waals surface area contributed by atoms with Crippen LogP contribution >= 0.6 is 0 Å². The topological polar surface area (TPSA) is 92.4 Å². The molecule has 0 saturated heterocycles. The van der Waals surface area contributed by atoms with Crippen molar-refractivity contribution in [1.29, 1.82) is 0 Å². The van der Waals surface area contributed by atoms with Crippen LogP contribution in [0, 0.1) is 5.82 Å². The van der Waals surface area contributed by atoms with Crippen molar-refractivity contribution < 1.29 is 19.1 Å². The second-order valence-corrected chi connectivity index (χ2v) is 4.04. The molecular weight excluding hydrogens is 263 g/mol. The molecule has 102 valence electrons. The minimum Gasteiger partial charge on any atom is -0.478 e. The Morgan fingerprint density at radius 1 is 1.10 bits per heavy atom. The van der Waals surface area contributed by atoms with Crippen molar-refractivity contribution in [2.75, 3.05) is 11.1 Å². The van der Waals surface area contributed by atoms with Gasteiger partial charge in [0.05, 0.1) is 16.8 Å². The molecule has 2 aromatic rings. The van der Waals surface area contributed by atoms with Crippen molar-refractivity contribution in [1.82, 2.24) is 0 Å². The first-order valence-corrected chi connectivity index (χ1v) is 5.67. The van der Waals surface area contributed by atoms with Gasteiger partial charge in [-0.1, -0.05) is 12.1 Å². The van der Waals surface area contributed by atoms with Crippen molar-refractivity contribution in [2.45, 2.75) is 0 Å². The monoisotopic (exact) mass is 274 g/mol. The van der Waals surface area contributed by atoms with Crippen LogP contribution in [0.2, 0.25) is 0 Å². The molecule has 0 unspecified atom stereocenters. The van der Waals surface area contributed by atoms with Gasteiger partial charge >= 0.3 is 5.97 Å². The first-order valence-electron chi connectivity index (χ1n) is 5.67. The number of carbonyl (C=O) groups excluding carboxylic acids is 1. The van der Waals surface area contributed by atoms with Crippen LogP contribution in [0.4, 0.5) is 15.8 Å². The average Bonchev–Trinajstić information content (AvgIpc) is 2.38. The molecule has 1 amide bonds. The summed E-state index contributed by atoms with van der Waals surface area (Å²) in [5.74, 6) is -2.64. The van der Waals surface area contributed by atoms with E-state index in [9.17, 15) is 14.0 Å². The summed E-state index contributed by atoms with van der Waals surface area (Å²) in [7, 11) is 0. The van der Waals surface area contributed by atoms with Crippen LogP contribution in [-0.2, 0) is 0 Å². The summed E-state index contributed by atoms with van der Waals surface area (Å²) in [5, 5.41) is 11.4. The molecule has 2 rings (SSSR count). The predicted octanol–water partition coefficient (Wildman–Crippen LogP) is 2.36. The van der Waals surface area contributed by atoms with Crippen LogP contribution in [0.3, 0.4) is 0 Å². The lowest BCUT2D eigenvalue weighted by Gasteiger charge is -2.09. The third-order valence-corrected chi connectivity index (χ3v) is 2.64. The van der Waals surface area contributed by atoms with E-state index in [1.165, 1.54) is 36.4 Å². The van der Waals surface area contributed by atoms with E-state index in [2.05, 4.69) is 5.32 Å². The number of carbonyl (C=O) groups is 2. The molecule has 0 atom stereocenters. The van der Waals surface area contributed by atoms with Crippen molar-refractivity contribution in [3.05, 3.63) is 59.4 Å². The lowest BCUT2D eigenvalue weighted by atomic mass is 10.1. The van der Waals surface area contributed by atoms with E-state index in [-0.39, 0.29) is 16.8 Å². The molecular formula is C14H11FN2O3. The van der Waals surface area contributed by atoms with Crippen molar-refractivity contribution >= 4 is 23.3 Å². The number of benzene rings is 2. The summed E-state index contributed by atoms with van der Waals surface area (Å²) < 4.78 is 13.5. The Kier molecular flexibility index (Phi) is 3.65. The van der Waals surface area contributed by atoms with Gasteiger partial charge in [-0.15, -0.1) is 0 Å². The number of rotatable bonds is 3. The first kappa shape index (κ1) is 13.5. The molecule has 0 heterocycles. The zero-order valence-corrected chi connectivity index (χ0v) is 10.3. The highest BCUT2D eigenvalue weighted by atomic mass is 19.1. The van der Waals surface area contributed by atoms with E-state index < -0.39 is 17.7 Å². The van der Waals surface area contributed by atoms with Crippen LogP contribution < -0.4 is 11.1 Å². The van der Waals surface area contributed by atoms with Crippen LogP contribution in [-0.4, -0.2) is 17.0 Å². The van der Waals surface area contributed by atoms with Crippen LogP contribution in [0.5, 0.6) is 0 Å². The first-order chi connectivity index (χ1) is 9.49. The molecule has 0 saturated carbocycles. The van der Waals surface area contributed by atoms with Gasteiger partial charge in [-0.3, -0.25) is 4.79 Å². The van der Waals surface area contributed by atoms with Gasteiger partial charge in [0.1, 0.15) is 5.82 Å². The number of carboxylic acids is 1. The number of hydrogen-bond acceptors (Lipinski definition) is 3. The standard InChI is InChI=1S/C14H11FN2O3/c15-11-4-2-1-3-9(11)13(18)17-12-7-8(16)5-6-10(12)14(19)20/h1-7H,16H2,(H,17,18)(H,19,20). The van der Waals surface area contributed by atoms with Crippen LogP contribution in [0.25, 0.3) is 0 Å². The fraction of sp³-hybridized carbons (Fsp3) is 0. The summed E-state index contributed by atoms with van der Waals surface area (Å²) in [6.45, 7) is 0. The highest BCUT2D eigenvalue weighted by Crippen LogP contribution is 2.20. The fourth-order valence-electron chi connectivity index (χ4n) is 1.69. The number of carboxylic acid groups (broad SMARTS) is 1. The zero-order chi connectivity index (χ0) is 14.7. The molecule has 0 aliphatic rings. The van der Waals surface area contributed by atoms with Crippen LogP contribution in [0.1, 0.15) is 20.7 Å². The van der Waals surface area contributed by atoms with Gasteiger partial charge in [-0.05, 0) is 30.3 Å². The molecule has 0 aliphatic heterocycles. The average molecular weight is 274 g/mol. The molecule has 0 bridgehead atoms. The molecule has 0 fully saturated rings. The fourth-order valence-corrected chi connectivity index (χ4v) is 1.69. The summed E-state index contributed by atoms with van der Waals surface area (Å²) in [6, 6.07) is 9.40. The molecule has 0 aliphatic carbocycles. The van der Waals surface area contributed by atoms with E-state index >= 15 is 0 Å². The molecule has 4 N–H and O–H groups in total. The number of halogens is 1. The lowest BCUT2D eigenvalue weighted by Crippen LogP contribution is -2.16. The number of anilines is 2. The SMILES string of the molecule is Nc1ccc(C(=O)O)c(NC(=O)c2ccccc2F)c1. The molecule has 20 heavy (non-hydrogen) atoms. The van der Waals surface area contributed by atoms with Gasteiger partial charge < -0.3 is 16.2 Å². The van der Waals surface area contributed by atoms with Crippen LogP contribution in [0.15, 0.2) is 42.5 Å². The van der Waals surface area contributed by atoms with E-state index in [0.29, 0.717) is 5.69 Å². The molecule has 2 aromatic carbocycles. The van der Waals surface area contributed by atoms with E-state index in [0.717, 1.165) is 6.07 Å². The second-order valence-electron chi connectivity index (χ2n) is 4.04. The number of amides is 1. The highest BCUT2D eigenvalue weighted by Gasteiger charge is 2.16. The van der Waals surface area contributed by atoms with Gasteiger partial charge in [0, 0.05) is 5.69 Å². The number of aromatic carboxylic acids is 1. The maximum Gasteiger partial charge on any atom is 0.337 e. The molecule has 5 nitrogen and oxygen atoms in total. The molecule has 0 spiro atoms. The maximum absolute atomic E-state index is 13.5. The van der Waals surface area contributed by atoms with E-state index in [4.69, 9.17) is 10.8 Å². The number of nitrogen functional groups attached to an aromatic ring is 1. The van der Waals surface area contributed by atoms with E-state index in [1.54, 1.807) is 0 Å². The molecule has 0 radical (unpaired) electrons. The number of hydrogen-bond donors (Lipinski definition) is 3. The van der Waals surface area contributed by atoms with Gasteiger partial charge in [0.25, 0.3) is 5.91 Å². The zero-order valence-electron chi connectivity index (χ0n) is 10.3. The van der Waals surface area contributed by atoms with Crippen molar-refractivity contribution in [3.63, 3.8) is 0 Å². The Balaban J connectivity index is 2.35. The van der Waals surface area contributed by atoms with Crippen molar-refractivity contribution in [3.8, 4) is 0 Å². The molecule has 0 aromatic heterocycles. The Morgan fingerprint density at radius 3 is 2.45 bits per heavy atom. The number of nitrogens with two attached hydrogens (primary N) is 1. The lowest BCUT2D eigenvalue weighted by molar-refractivity contribution is 0.0698. The third-order valence-electron chi connectivity index (χ3n) is 2.64. The smallest absolute Gasteiger partial charge is 0.337 e. The Hall–Kier alpha value is -2.89. The second kappa shape index (κ2) is 5.40. The predicted molar refractivity (Wildman–Crippen MR) is 72.2 cm³/mol. The quantitative estimate of drug-likeness (QED) is 0.749. The summed E-state index contributed by atoms with van der Waals surface area (Å²) >= 11 is 0. The Morgan fingerprint density at radius 2 is 1.80 bits per heavy atom. The summed E-state index contributed by atoms with van der Waals surface area (Å²) in [6.07, 6.45) is 0. The van der Waals surface area contributed by atoms with E-state index in [1.807, 2.05) is 0 Å². The largest absolute Gasteiger partial charge is 0.478 e. The third kappa shape index (κ3) is 2.74. The normalized spacial score (nSPS) is 10.1. The minimum atomic E-state index is -1.21. The minimum absolute atomic E-state index is 0.0192. The van der Waals surface area contributed by atoms with Gasteiger partial charge in [0.15, 0.2) is 0 Å². The summed E-state index contributed by atoms with van der Waals surface area (Å²) in [5.41, 5.74) is 5.57. The Labute approximate surface area is 113 Å². The molecule has 6 heteroatoms. The number of nitrogens with one attached hydrogen (secondary N) is 1. The maximum atomic E-state index is 13.5. The van der Waals surface area contributed by atoms with Gasteiger partial charge in [-0.2, -0.15) is 0 Å². The van der Waals surface area contributed by atoms with Gasteiger partial charge in [-0.25, -0.2) is 9.18 Å². The summed E-state index contributed by atoms with van der Waals surface area (Å²) in [4.78, 5) is 23.0. The highest BCUT2D eigenvalue weighted by molar-refractivity contribution is 6.08. The Bertz CT molecular complexity index is 686. The van der Waals surface area contributed by atoms with Gasteiger partial charge in [0.2, 0.25) is 0 Å².